The highest BCUT2D eigenvalue weighted by Gasteiger charge is 1.92. The van der Waals surface area contributed by atoms with E-state index in [1.165, 1.54) is 9.13 Å². The first kappa shape index (κ1) is 10.9. The highest BCUT2D eigenvalue weighted by Crippen LogP contribution is 2.07. The fourth-order valence-electron chi connectivity index (χ4n) is 0.956. The van der Waals surface area contributed by atoms with E-state index in [-0.39, 0.29) is 0 Å². The largest absolute Gasteiger partial charge is 0.377 e. The van der Waals surface area contributed by atoms with Gasteiger partial charge in [-0.2, -0.15) is 0 Å². The van der Waals surface area contributed by atoms with Gasteiger partial charge in [0, 0.05) is 10.2 Å². The highest BCUT2D eigenvalue weighted by molar-refractivity contribution is 14.1. The van der Waals surface area contributed by atoms with Gasteiger partial charge in [0.25, 0.3) is 0 Å². The normalized spacial score (nSPS) is 10.3. The van der Waals surface area contributed by atoms with Crippen LogP contribution in [0.3, 0.4) is 0 Å². The van der Waals surface area contributed by atoms with Gasteiger partial charge in [-0.15, -0.1) is 0 Å². The smallest absolute Gasteiger partial charge is 0.0716 e. The molecule has 13 heavy (non-hydrogen) atoms. The van der Waals surface area contributed by atoms with Gasteiger partial charge in [0.05, 0.1) is 6.61 Å². The predicted octanol–water partition coefficient (Wildman–Crippen LogP) is 2.16. The quantitative estimate of drug-likeness (QED) is 0.666. The fraction of sp³-hybridized carbons (Fsp3) is 0.400. The number of benzene rings is 1. The lowest BCUT2D eigenvalue weighted by atomic mass is 10.2. The van der Waals surface area contributed by atoms with Crippen molar-refractivity contribution in [3.63, 3.8) is 0 Å². The van der Waals surface area contributed by atoms with Gasteiger partial charge in [0.15, 0.2) is 0 Å². The Labute approximate surface area is 92.6 Å². The van der Waals surface area contributed by atoms with Gasteiger partial charge in [-0.25, -0.2) is 0 Å². The van der Waals surface area contributed by atoms with E-state index in [2.05, 4.69) is 46.9 Å². The van der Waals surface area contributed by atoms with E-state index < -0.39 is 0 Å². The maximum absolute atomic E-state index is 5.42. The van der Waals surface area contributed by atoms with Crippen molar-refractivity contribution < 1.29 is 4.74 Å². The van der Waals surface area contributed by atoms with E-state index in [0.29, 0.717) is 13.2 Å². The molecule has 0 radical (unpaired) electrons. The van der Waals surface area contributed by atoms with E-state index in [1.54, 1.807) is 0 Å². The summed E-state index contributed by atoms with van der Waals surface area (Å²) in [5.41, 5.74) is 6.57. The lowest BCUT2D eigenvalue weighted by molar-refractivity contribution is 0.120. The zero-order chi connectivity index (χ0) is 9.52. The molecule has 0 atom stereocenters. The van der Waals surface area contributed by atoms with E-state index in [4.69, 9.17) is 10.5 Å². The van der Waals surface area contributed by atoms with Gasteiger partial charge in [-0.1, -0.05) is 12.1 Å². The molecule has 0 aromatic heterocycles. The molecule has 1 aromatic carbocycles. The Morgan fingerprint density at radius 3 is 2.54 bits per heavy atom. The first-order valence-electron chi connectivity index (χ1n) is 4.35. The maximum atomic E-state index is 5.42. The number of ether oxygens (including phenoxy) is 1. The molecule has 1 rings (SSSR count). The van der Waals surface area contributed by atoms with Gasteiger partial charge in [-0.05, 0) is 53.3 Å². The monoisotopic (exact) mass is 291 g/mol. The summed E-state index contributed by atoms with van der Waals surface area (Å²) in [5.74, 6) is 0. The lowest BCUT2D eigenvalue weighted by Gasteiger charge is -2.03. The molecule has 3 heteroatoms. The highest BCUT2D eigenvalue weighted by atomic mass is 127. The van der Waals surface area contributed by atoms with Crippen LogP contribution in [0.25, 0.3) is 0 Å². The third-order valence-electron chi connectivity index (χ3n) is 1.67. The molecule has 0 aliphatic rings. The van der Waals surface area contributed by atoms with Crippen LogP contribution < -0.4 is 5.73 Å². The second kappa shape index (κ2) is 6.34. The second-order valence-corrected chi connectivity index (χ2v) is 4.07. The van der Waals surface area contributed by atoms with Gasteiger partial charge in [0.1, 0.15) is 0 Å². The fourth-order valence-corrected chi connectivity index (χ4v) is 1.32. The summed E-state index contributed by atoms with van der Waals surface area (Å²) in [6, 6.07) is 8.35. The van der Waals surface area contributed by atoms with Gasteiger partial charge < -0.3 is 10.5 Å². The molecule has 0 amide bonds. The molecule has 0 aliphatic carbocycles. The molecule has 0 heterocycles. The molecule has 2 N–H and O–H groups in total. The van der Waals surface area contributed by atoms with Crippen LogP contribution in [-0.4, -0.2) is 13.2 Å². The number of hydrogen-bond donors (Lipinski definition) is 1. The minimum Gasteiger partial charge on any atom is -0.377 e. The van der Waals surface area contributed by atoms with Crippen molar-refractivity contribution in [2.24, 2.45) is 5.73 Å². The van der Waals surface area contributed by atoms with Crippen LogP contribution in [0, 0.1) is 3.57 Å². The molecule has 0 bridgehead atoms. The number of nitrogens with two attached hydrogens (primary N) is 1. The van der Waals surface area contributed by atoms with Crippen molar-refractivity contribution in [2.45, 2.75) is 13.0 Å². The van der Waals surface area contributed by atoms with Crippen LogP contribution in [0.15, 0.2) is 24.3 Å². The molecule has 0 fully saturated rings. The molecule has 0 spiro atoms. The Balaban J connectivity index is 2.25. The average molecular weight is 291 g/mol. The summed E-state index contributed by atoms with van der Waals surface area (Å²) in [7, 11) is 0. The van der Waals surface area contributed by atoms with Crippen molar-refractivity contribution in [1.82, 2.24) is 0 Å². The van der Waals surface area contributed by atoms with Crippen molar-refractivity contribution in [1.29, 1.82) is 0 Å². The molecule has 0 unspecified atom stereocenters. The number of rotatable bonds is 5. The molecule has 2 nitrogen and oxygen atoms in total. The molecule has 0 saturated carbocycles. The van der Waals surface area contributed by atoms with E-state index in [9.17, 15) is 0 Å². The predicted molar refractivity (Wildman–Crippen MR) is 62.5 cm³/mol. The van der Waals surface area contributed by atoms with Crippen LogP contribution in [0.1, 0.15) is 12.0 Å². The Morgan fingerprint density at radius 2 is 1.92 bits per heavy atom. The van der Waals surface area contributed by atoms with Crippen LogP contribution in [-0.2, 0) is 11.3 Å². The molecular weight excluding hydrogens is 277 g/mol. The summed E-state index contributed by atoms with van der Waals surface area (Å²) in [6.45, 7) is 2.14. The zero-order valence-electron chi connectivity index (χ0n) is 7.50. The number of halogens is 1. The molecule has 0 saturated heterocycles. The van der Waals surface area contributed by atoms with E-state index in [1.807, 2.05) is 0 Å². The van der Waals surface area contributed by atoms with Crippen molar-refractivity contribution in [2.75, 3.05) is 13.2 Å². The van der Waals surface area contributed by atoms with Gasteiger partial charge >= 0.3 is 0 Å². The summed E-state index contributed by atoms with van der Waals surface area (Å²) in [4.78, 5) is 0. The summed E-state index contributed by atoms with van der Waals surface area (Å²) in [6.07, 6.45) is 0.935. The Kier molecular flexibility index (Phi) is 5.34. The van der Waals surface area contributed by atoms with Crippen molar-refractivity contribution in [3.8, 4) is 0 Å². The molecule has 1 aromatic rings. The van der Waals surface area contributed by atoms with Crippen LogP contribution in [0.4, 0.5) is 0 Å². The van der Waals surface area contributed by atoms with Crippen LogP contribution in [0.2, 0.25) is 0 Å². The summed E-state index contributed by atoms with van der Waals surface area (Å²) in [5, 5.41) is 0. The van der Waals surface area contributed by atoms with E-state index >= 15 is 0 Å². The standard InChI is InChI=1S/C10H14INO/c11-10-4-2-9(3-5-10)8-13-7-1-6-12/h2-5H,1,6-8,12H2. The topological polar surface area (TPSA) is 35.2 Å². The van der Waals surface area contributed by atoms with Gasteiger partial charge in [-0.3, -0.25) is 0 Å². The molecule has 0 aliphatic heterocycles. The summed E-state index contributed by atoms with van der Waals surface area (Å²) >= 11 is 2.29. The number of hydrogen-bond acceptors (Lipinski definition) is 2. The Hall–Kier alpha value is -0.130. The lowest BCUT2D eigenvalue weighted by Crippen LogP contribution is -2.04. The molecular formula is C10H14INO. The minimum absolute atomic E-state index is 0.691. The maximum Gasteiger partial charge on any atom is 0.0716 e. The van der Waals surface area contributed by atoms with Crippen molar-refractivity contribution in [3.05, 3.63) is 33.4 Å². The Bertz CT molecular complexity index is 235. The Morgan fingerprint density at radius 1 is 1.23 bits per heavy atom. The second-order valence-electron chi connectivity index (χ2n) is 2.82. The third kappa shape index (κ3) is 4.59. The first-order chi connectivity index (χ1) is 6.33. The van der Waals surface area contributed by atoms with Crippen LogP contribution in [0.5, 0.6) is 0 Å². The molecule has 72 valence electrons. The average Bonchev–Trinajstić information content (AvgIpc) is 2.15. The van der Waals surface area contributed by atoms with Gasteiger partial charge in [0.2, 0.25) is 0 Å². The minimum atomic E-state index is 0.691. The first-order valence-corrected chi connectivity index (χ1v) is 5.43. The van der Waals surface area contributed by atoms with Crippen LogP contribution >= 0.6 is 22.6 Å². The summed E-state index contributed by atoms with van der Waals surface area (Å²) < 4.78 is 6.67. The van der Waals surface area contributed by atoms with Crippen molar-refractivity contribution >= 4 is 22.6 Å². The third-order valence-corrected chi connectivity index (χ3v) is 2.39. The zero-order valence-corrected chi connectivity index (χ0v) is 9.66. The SMILES string of the molecule is NCCCOCc1ccc(I)cc1. The van der Waals surface area contributed by atoms with E-state index in [0.717, 1.165) is 13.0 Å².